The van der Waals surface area contributed by atoms with E-state index >= 15 is 0 Å². The summed E-state index contributed by atoms with van der Waals surface area (Å²) in [5, 5.41) is 12.0. The quantitative estimate of drug-likeness (QED) is 0.703. The summed E-state index contributed by atoms with van der Waals surface area (Å²) in [6, 6.07) is 9.34. The number of aromatic nitrogens is 4. The van der Waals surface area contributed by atoms with Crippen LogP contribution in [0.15, 0.2) is 40.9 Å². The summed E-state index contributed by atoms with van der Waals surface area (Å²) in [6.07, 6.45) is 0. The Morgan fingerprint density at radius 2 is 2.00 bits per heavy atom. The molecule has 0 aliphatic carbocycles. The summed E-state index contributed by atoms with van der Waals surface area (Å²) in [5.41, 5.74) is 7.38. The second-order valence-corrected chi connectivity index (χ2v) is 5.51. The molecule has 0 fully saturated rings. The zero-order valence-electron chi connectivity index (χ0n) is 10.5. The molecule has 0 unspecified atom stereocenters. The second kappa shape index (κ2) is 5.42. The van der Waals surface area contributed by atoms with Crippen molar-refractivity contribution >= 4 is 33.2 Å². The highest BCUT2D eigenvalue weighted by atomic mass is 79.9. The van der Waals surface area contributed by atoms with Gasteiger partial charge in [-0.05, 0) is 56.7 Å². The molecular formula is C13H8BrClFN5. The van der Waals surface area contributed by atoms with Crippen LogP contribution in [0, 0.1) is 5.82 Å². The van der Waals surface area contributed by atoms with Gasteiger partial charge in [-0.25, -0.2) is 4.39 Å². The smallest absolute Gasteiger partial charge is 0.187 e. The highest BCUT2D eigenvalue weighted by Crippen LogP contribution is 2.28. The largest absolute Gasteiger partial charge is 0.398 e. The van der Waals surface area contributed by atoms with Gasteiger partial charge in [-0.15, -0.1) is 5.10 Å². The number of halogens is 3. The Morgan fingerprint density at radius 3 is 2.76 bits per heavy atom. The molecule has 0 amide bonds. The fourth-order valence-corrected chi connectivity index (χ4v) is 2.39. The molecule has 8 heteroatoms. The zero-order valence-corrected chi connectivity index (χ0v) is 12.8. The van der Waals surface area contributed by atoms with Gasteiger partial charge in [-0.1, -0.05) is 11.6 Å². The lowest BCUT2D eigenvalue weighted by molar-refractivity contribution is 0.624. The van der Waals surface area contributed by atoms with Crippen molar-refractivity contribution in [1.29, 1.82) is 0 Å². The number of nitrogens with zero attached hydrogens (tertiary/aromatic N) is 4. The standard InChI is InChI=1S/C13H8BrClFN5/c14-9-3-2-8(16)6-12(9)21-13(18-19-20-21)7-1-4-10(15)11(17)5-7/h1-6H,17H2. The number of nitrogen functional groups attached to an aromatic ring is 1. The van der Waals surface area contributed by atoms with Gasteiger partial charge >= 0.3 is 0 Å². The summed E-state index contributed by atoms with van der Waals surface area (Å²) in [7, 11) is 0. The van der Waals surface area contributed by atoms with Crippen molar-refractivity contribution in [3.8, 4) is 17.1 Å². The minimum Gasteiger partial charge on any atom is -0.398 e. The molecule has 0 spiro atoms. The molecule has 1 aromatic heterocycles. The highest BCUT2D eigenvalue weighted by molar-refractivity contribution is 9.10. The molecule has 5 nitrogen and oxygen atoms in total. The number of nitrogens with two attached hydrogens (primary N) is 1. The van der Waals surface area contributed by atoms with Crippen molar-refractivity contribution in [3.05, 3.63) is 51.7 Å². The number of hydrogen-bond acceptors (Lipinski definition) is 4. The van der Waals surface area contributed by atoms with E-state index < -0.39 is 0 Å². The minimum absolute atomic E-state index is 0.384. The van der Waals surface area contributed by atoms with Crippen molar-refractivity contribution < 1.29 is 4.39 Å². The van der Waals surface area contributed by atoms with Crippen LogP contribution in [0.2, 0.25) is 5.02 Å². The summed E-state index contributed by atoms with van der Waals surface area (Å²) in [4.78, 5) is 0. The van der Waals surface area contributed by atoms with Gasteiger partial charge in [0.2, 0.25) is 0 Å². The van der Waals surface area contributed by atoms with Gasteiger partial charge in [-0.3, -0.25) is 0 Å². The van der Waals surface area contributed by atoms with E-state index in [2.05, 4.69) is 31.5 Å². The molecule has 0 saturated heterocycles. The number of hydrogen-bond donors (Lipinski definition) is 1. The first-order valence-electron chi connectivity index (χ1n) is 5.85. The average molecular weight is 369 g/mol. The Bertz CT molecular complexity index is 820. The topological polar surface area (TPSA) is 69.6 Å². The van der Waals surface area contributed by atoms with Gasteiger partial charge in [0.25, 0.3) is 0 Å². The van der Waals surface area contributed by atoms with Gasteiger partial charge in [-0.2, -0.15) is 4.68 Å². The van der Waals surface area contributed by atoms with Crippen LogP contribution in [0.5, 0.6) is 0 Å². The molecule has 1 heterocycles. The summed E-state index contributed by atoms with van der Waals surface area (Å²) < 4.78 is 15.5. The van der Waals surface area contributed by atoms with Crippen molar-refractivity contribution in [2.75, 3.05) is 5.73 Å². The maximum Gasteiger partial charge on any atom is 0.187 e. The lowest BCUT2D eigenvalue weighted by Gasteiger charge is -2.08. The van der Waals surface area contributed by atoms with E-state index in [1.807, 2.05) is 0 Å². The summed E-state index contributed by atoms with van der Waals surface area (Å²) in [5.74, 6) is 0.0509. The van der Waals surface area contributed by atoms with E-state index in [9.17, 15) is 4.39 Å². The SMILES string of the molecule is Nc1cc(-c2nnnn2-c2cc(F)ccc2Br)ccc1Cl. The molecule has 0 saturated carbocycles. The number of anilines is 1. The van der Waals surface area contributed by atoms with E-state index in [1.165, 1.54) is 16.8 Å². The van der Waals surface area contributed by atoms with E-state index in [1.54, 1.807) is 24.3 Å². The predicted molar refractivity (Wildman–Crippen MR) is 81.7 cm³/mol. The van der Waals surface area contributed by atoms with E-state index in [4.69, 9.17) is 17.3 Å². The molecule has 0 radical (unpaired) electrons. The molecule has 0 bridgehead atoms. The number of rotatable bonds is 2. The first-order valence-corrected chi connectivity index (χ1v) is 7.02. The van der Waals surface area contributed by atoms with E-state index in [-0.39, 0.29) is 5.82 Å². The lowest BCUT2D eigenvalue weighted by Crippen LogP contribution is -2.02. The summed E-state index contributed by atoms with van der Waals surface area (Å²) in [6.45, 7) is 0. The fraction of sp³-hybridized carbons (Fsp3) is 0. The first kappa shape index (κ1) is 14.0. The molecular weight excluding hydrogens is 361 g/mol. The Kier molecular flexibility index (Phi) is 3.60. The van der Waals surface area contributed by atoms with Gasteiger partial charge in [0.05, 0.1) is 16.4 Å². The first-order chi connectivity index (χ1) is 10.1. The number of tetrazole rings is 1. The zero-order chi connectivity index (χ0) is 15.0. The van der Waals surface area contributed by atoms with Crippen molar-refractivity contribution in [2.24, 2.45) is 0 Å². The third-order valence-electron chi connectivity index (χ3n) is 2.86. The average Bonchev–Trinajstić information content (AvgIpc) is 2.93. The molecule has 0 aliphatic heterocycles. The molecule has 0 aliphatic rings. The van der Waals surface area contributed by atoms with Gasteiger partial charge in [0, 0.05) is 16.1 Å². The van der Waals surface area contributed by atoms with Crippen LogP contribution in [0.3, 0.4) is 0 Å². The highest BCUT2D eigenvalue weighted by Gasteiger charge is 2.14. The van der Waals surface area contributed by atoms with Crippen molar-refractivity contribution in [3.63, 3.8) is 0 Å². The van der Waals surface area contributed by atoms with Crippen LogP contribution < -0.4 is 5.73 Å². The molecule has 106 valence electrons. The van der Waals surface area contributed by atoms with Crippen LogP contribution in [0.25, 0.3) is 17.1 Å². The van der Waals surface area contributed by atoms with E-state index in [0.717, 1.165) is 0 Å². The molecule has 3 rings (SSSR count). The predicted octanol–water partition coefficient (Wildman–Crippen LogP) is 3.47. The molecule has 2 aromatic carbocycles. The minimum atomic E-state index is -0.384. The number of benzene rings is 2. The molecule has 0 atom stereocenters. The van der Waals surface area contributed by atoms with Gasteiger partial charge in [0.1, 0.15) is 5.82 Å². The molecule has 2 N–H and O–H groups in total. The van der Waals surface area contributed by atoms with Crippen LogP contribution in [-0.4, -0.2) is 20.2 Å². The third kappa shape index (κ3) is 2.62. The van der Waals surface area contributed by atoms with Gasteiger partial charge in [0.15, 0.2) is 5.82 Å². The second-order valence-electron chi connectivity index (χ2n) is 4.25. The maximum atomic E-state index is 13.5. The Hall–Kier alpha value is -1.99. The monoisotopic (exact) mass is 367 g/mol. The third-order valence-corrected chi connectivity index (χ3v) is 3.87. The maximum absolute atomic E-state index is 13.5. The Labute approximate surface area is 132 Å². The molecule has 3 aromatic rings. The Morgan fingerprint density at radius 1 is 1.19 bits per heavy atom. The summed E-state index contributed by atoms with van der Waals surface area (Å²) >= 11 is 9.26. The molecule has 21 heavy (non-hydrogen) atoms. The van der Waals surface area contributed by atoms with Crippen LogP contribution in [0.1, 0.15) is 0 Å². The van der Waals surface area contributed by atoms with Crippen molar-refractivity contribution in [2.45, 2.75) is 0 Å². The van der Waals surface area contributed by atoms with E-state index in [0.29, 0.717) is 32.3 Å². The Balaban J connectivity index is 2.17. The lowest BCUT2D eigenvalue weighted by atomic mass is 10.2. The van der Waals surface area contributed by atoms with Crippen LogP contribution >= 0.6 is 27.5 Å². The fourth-order valence-electron chi connectivity index (χ4n) is 1.86. The van der Waals surface area contributed by atoms with Crippen molar-refractivity contribution in [1.82, 2.24) is 20.2 Å². The van der Waals surface area contributed by atoms with Crippen LogP contribution in [-0.2, 0) is 0 Å². The normalized spacial score (nSPS) is 10.8. The van der Waals surface area contributed by atoms with Crippen LogP contribution in [0.4, 0.5) is 10.1 Å². The van der Waals surface area contributed by atoms with Gasteiger partial charge < -0.3 is 5.73 Å².